The first-order chi connectivity index (χ1) is 13.5. The minimum atomic E-state index is -0.477. The molecule has 0 atom stereocenters. The number of aromatic nitrogens is 3. The fourth-order valence-corrected chi connectivity index (χ4v) is 3.11. The van der Waals surface area contributed by atoms with E-state index in [9.17, 15) is 4.79 Å². The third-order valence-electron chi connectivity index (χ3n) is 4.43. The van der Waals surface area contributed by atoms with Gasteiger partial charge in [0.15, 0.2) is 6.61 Å². The Balaban J connectivity index is 1.47. The fourth-order valence-electron chi connectivity index (χ4n) is 3.11. The maximum Gasteiger partial charge on any atom is 0.355 e. The van der Waals surface area contributed by atoms with Crippen molar-refractivity contribution in [3.63, 3.8) is 0 Å². The minimum absolute atomic E-state index is 0.108. The van der Waals surface area contributed by atoms with E-state index in [1.54, 1.807) is 19.2 Å². The highest BCUT2D eigenvalue weighted by Gasteiger charge is 2.15. The summed E-state index contributed by atoms with van der Waals surface area (Å²) in [5.41, 5.74) is 4.27. The average molecular weight is 377 g/mol. The van der Waals surface area contributed by atoms with Gasteiger partial charge >= 0.3 is 5.97 Å². The molecule has 1 N–H and O–H groups in total. The predicted molar refractivity (Wildman–Crippen MR) is 103 cm³/mol. The molecule has 7 nitrogen and oxygen atoms in total. The van der Waals surface area contributed by atoms with E-state index in [-0.39, 0.29) is 12.5 Å². The Morgan fingerprint density at radius 2 is 2.04 bits per heavy atom. The van der Waals surface area contributed by atoms with Crippen molar-refractivity contribution in [1.82, 2.24) is 15.1 Å². The molecule has 142 valence electrons. The molecule has 28 heavy (non-hydrogen) atoms. The molecule has 0 radical (unpaired) electrons. The van der Waals surface area contributed by atoms with Crippen molar-refractivity contribution in [2.24, 2.45) is 0 Å². The molecule has 4 rings (SSSR count). The van der Waals surface area contributed by atoms with Gasteiger partial charge in [-0.2, -0.15) is 4.98 Å². The van der Waals surface area contributed by atoms with Crippen molar-refractivity contribution >= 4 is 16.9 Å². The first-order valence-corrected chi connectivity index (χ1v) is 8.77. The van der Waals surface area contributed by atoms with Gasteiger partial charge in [0.25, 0.3) is 5.89 Å². The summed E-state index contributed by atoms with van der Waals surface area (Å²) in [7, 11) is 1.59. The Bertz CT molecular complexity index is 1160. The van der Waals surface area contributed by atoms with E-state index in [4.69, 9.17) is 14.0 Å². The number of H-pyrrole nitrogens is 1. The zero-order valence-electron chi connectivity index (χ0n) is 15.8. The highest BCUT2D eigenvalue weighted by Crippen LogP contribution is 2.23. The third kappa shape index (κ3) is 3.46. The van der Waals surface area contributed by atoms with Gasteiger partial charge in [-0.25, -0.2) is 4.79 Å². The highest BCUT2D eigenvalue weighted by molar-refractivity contribution is 5.96. The molecular weight excluding hydrogens is 358 g/mol. The van der Waals surface area contributed by atoms with E-state index in [0.717, 1.165) is 27.6 Å². The highest BCUT2D eigenvalue weighted by atomic mass is 16.6. The van der Waals surface area contributed by atoms with Crippen LogP contribution in [0, 0.1) is 13.8 Å². The van der Waals surface area contributed by atoms with Gasteiger partial charge in [0.2, 0.25) is 5.82 Å². The van der Waals surface area contributed by atoms with Crippen molar-refractivity contribution < 1.29 is 18.8 Å². The van der Waals surface area contributed by atoms with E-state index >= 15 is 0 Å². The molecule has 2 heterocycles. The number of hydrogen-bond donors (Lipinski definition) is 1. The van der Waals surface area contributed by atoms with Crippen LogP contribution in [0.1, 0.15) is 27.5 Å². The van der Waals surface area contributed by atoms with Gasteiger partial charge in [0.05, 0.1) is 7.11 Å². The molecule has 2 aromatic heterocycles. The van der Waals surface area contributed by atoms with Gasteiger partial charge in [-0.15, -0.1) is 0 Å². The van der Waals surface area contributed by atoms with E-state index in [0.29, 0.717) is 17.3 Å². The summed E-state index contributed by atoms with van der Waals surface area (Å²) in [6, 6.07) is 13.2. The van der Waals surface area contributed by atoms with Gasteiger partial charge in [0.1, 0.15) is 11.4 Å². The average Bonchev–Trinajstić information content (AvgIpc) is 3.33. The number of carbonyl (C=O) groups is 1. The number of nitrogens with one attached hydrogen (secondary N) is 1. The van der Waals surface area contributed by atoms with Gasteiger partial charge in [-0.3, -0.25) is 0 Å². The Hall–Kier alpha value is -3.61. The fraction of sp³-hybridized carbons (Fsp3) is 0.190. The lowest BCUT2D eigenvalue weighted by molar-refractivity contribution is 0.0424. The largest absolute Gasteiger partial charge is 0.497 e. The number of benzene rings is 2. The Kier molecular flexibility index (Phi) is 4.57. The standard InChI is InChI=1S/C21H19N3O4/c1-12-7-13(2)16-10-18(22-17(16)8-12)21(25)27-11-19-23-20(24-28-19)14-5-4-6-15(9-14)26-3/h4-10,22H,11H2,1-3H3. The molecule has 0 amide bonds. The lowest BCUT2D eigenvalue weighted by Crippen LogP contribution is -2.05. The summed E-state index contributed by atoms with van der Waals surface area (Å²) in [6.07, 6.45) is 0. The van der Waals surface area contributed by atoms with Crippen LogP contribution in [0.5, 0.6) is 5.75 Å². The topological polar surface area (TPSA) is 90.2 Å². The zero-order chi connectivity index (χ0) is 19.7. The Labute approximate surface area is 161 Å². The zero-order valence-corrected chi connectivity index (χ0v) is 15.8. The summed E-state index contributed by atoms with van der Waals surface area (Å²) in [5, 5.41) is 4.92. The number of esters is 1. The molecule has 0 aliphatic rings. The van der Waals surface area contributed by atoms with E-state index in [1.807, 2.05) is 38.1 Å². The molecule has 2 aromatic carbocycles. The number of hydrogen-bond acceptors (Lipinski definition) is 6. The Morgan fingerprint density at radius 3 is 2.86 bits per heavy atom. The summed E-state index contributed by atoms with van der Waals surface area (Å²) in [5.74, 6) is 0.838. The van der Waals surface area contributed by atoms with E-state index in [2.05, 4.69) is 21.2 Å². The lowest BCUT2D eigenvalue weighted by atomic mass is 10.1. The van der Waals surface area contributed by atoms with Crippen LogP contribution in [0.4, 0.5) is 0 Å². The van der Waals surface area contributed by atoms with Gasteiger partial charge in [-0.1, -0.05) is 23.4 Å². The number of fused-ring (bicyclic) bond motifs is 1. The summed E-state index contributed by atoms with van der Waals surface area (Å²) >= 11 is 0. The molecule has 0 spiro atoms. The maximum atomic E-state index is 12.4. The molecule has 0 unspecified atom stereocenters. The number of carbonyl (C=O) groups excluding carboxylic acids is 1. The van der Waals surface area contributed by atoms with Crippen LogP contribution in [0.2, 0.25) is 0 Å². The molecule has 0 saturated heterocycles. The van der Waals surface area contributed by atoms with Crippen molar-refractivity contribution in [2.75, 3.05) is 7.11 Å². The molecule has 0 aliphatic heterocycles. The predicted octanol–water partition coefficient (Wildman–Crippen LogP) is 4.20. The smallest absolute Gasteiger partial charge is 0.355 e. The van der Waals surface area contributed by atoms with Crippen LogP contribution in [0.3, 0.4) is 0 Å². The van der Waals surface area contributed by atoms with Crippen LogP contribution in [0.15, 0.2) is 47.0 Å². The van der Waals surface area contributed by atoms with Crippen molar-refractivity contribution in [3.8, 4) is 17.1 Å². The minimum Gasteiger partial charge on any atom is -0.497 e. The maximum absolute atomic E-state index is 12.4. The number of methoxy groups -OCH3 is 1. The second kappa shape index (κ2) is 7.19. The third-order valence-corrected chi connectivity index (χ3v) is 4.43. The number of aryl methyl sites for hydroxylation is 2. The first kappa shape index (κ1) is 17.8. The molecule has 0 aliphatic carbocycles. The summed E-state index contributed by atoms with van der Waals surface area (Å²) in [4.78, 5) is 19.8. The van der Waals surface area contributed by atoms with Gasteiger partial charge in [-0.05, 0) is 49.2 Å². The molecule has 0 bridgehead atoms. The van der Waals surface area contributed by atoms with E-state index in [1.165, 1.54) is 0 Å². The quantitative estimate of drug-likeness (QED) is 0.524. The van der Waals surface area contributed by atoms with Gasteiger partial charge < -0.3 is 19.0 Å². The van der Waals surface area contributed by atoms with Crippen LogP contribution < -0.4 is 4.74 Å². The molecule has 0 fully saturated rings. The first-order valence-electron chi connectivity index (χ1n) is 8.77. The van der Waals surface area contributed by atoms with Crippen molar-refractivity contribution in [3.05, 3.63) is 65.2 Å². The van der Waals surface area contributed by atoms with Crippen LogP contribution >= 0.6 is 0 Å². The van der Waals surface area contributed by atoms with Crippen LogP contribution in [-0.4, -0.2) is 28.2 Å². The van der Waals surface area contributed by atoms with Crippen molar-refractivity contribution in [2.45, 2.75) is 20.5 Å². The number of aromatic amines is 1. The second-order valence-corrected chi connectivity index (χ2v) is 6.55. The van der Waals surface area contributed by atoms with Crippen LogP contribution in [0.25, 0.3) is 22.3 Å². The van der Waals surface area contributed by atoms with E-state index < -0.39 is 5.97 Å². The van der Waals surface area contributed by atoms with Crippen LogP contribution in [-0.2, 0) is 11.3 Å². The molecule has 7 heteroatoms. The summed E-state index contributed by atoms with van der Waals surface area (Å²) < 4.78 is 15.7. The lowest BCUT2D eigenvalue weighted by Gasteiger charge is -2.00. The number of ether oxygens (including phenoxy) is 2. The molecule has 4 aromatic rings. The number of rotatable bonds is 5. The monoisotopic (exact) mass is 377 g/mol. The molecule has 0 saturated carbocycles. The normalized spacial score (nSPS) is 11.0. The second-order valence-electron chi connectivity index (χ2n) is 6.55. The Morgan fingerprint density at radius 1 is 1.18 bits per heavy atom. The number of nitrogens with zero attached hydrogens (tertiary/aromatic N) is 2. The molecular formula is C21H19N3O4. The van der Waals surface area contributed by atoms with Gasteiger partial charge in [0, 0.05) is 16.5 Å². The SMILES string of the molecule is COc1cccc(-c2noc(COC(=O)c3cc4c(C)cc(C)cc4[nH]3)n2)c1. The van der Waals surface area contributed by atoms with Crippen molar-refractivity contribution in [1.29, 1.82) is 0 Å². The summed E-state index contributed by atoms with van der Waals surface area (Å²) in [6.45, 7) is 3.92.